The summed E-state index contributed by atoms with van der Waals surface area (Å²) in [5, 5.41) is 11.9. The van der Waals surface area contributed by atoms with E-state index in [0.717, 1.165) is 11.5 Å². The molecule has 5 aromatic rings. The van der Waals surface area contributed by atoms with Gasteiger partial charge in [-0.05, 0) is 46.5 Å². The normalized spacial score (nSPS) is 12.5. The van der Waals surface area contributed by atoms with Gasteiger partial charge in [-0.3, -0.25) is 0 Å². The molecule has 0 radical (unpaired) electrons. The van der Waals surface area contributed by atoms with Crippen LogP contribution in [0.4, 0.5) is 26.3 Å². The highest BCUT2D eigenvalue weighted by molar-refractivity contribution is 7.13. The maximum atomic E-state index is 13.8. The van der Waals surface area contributed by atoms with Crippen molar-refractivity contribution >= 4 is 32.9 Å². The fourth-order valence-electron chi connectivity index (χ4n) is 3.90. The predicted octanol–water partition coefficient (Wildman–Crippen LogP) is 8.22. The quantitative estimate of drug-likeness (QED) is 0.190. The summed E-state index contributed by atoms with van der Waals surface area (Å²) < 4.78 is 83.1. The molecule has 5 rings (SSSR count). The molecule has 0 aliphatic carbocycles. The van der Waals surface area contributed by atoms with E-state index in [9.17, 15) is 26.3 Å². The Labute approximate surface area is 187 Å². The highest BCUT2D eigenvalue weighted by Gasteiger charge is 2.42. The zero-order chi connectivity index (χ0) is 23.4. The van der Waals surface area contributed by atoms with Crippen LogP contribution in [-0.2, 0) is 12.4 Å². The fourth-order valence-corrected chi connectivity index (χ4v) is 4.62. The highest BCUT2D eigenvalue weighted by Crippen LogP contribution is 2.46. The van der Waals surface area contributed by atoms with Crippen LogP contribution >= 0.6 is 11.3 Å². The molecular formula is C24H12F6N2S. The van der Waals surface area contributed by atoms with Gasteiger partial charge in [-0.15, -0.1) is 21.5 Å². The fraction of sp³-hybridized carbons (Fsp3) is 0.0833. The lowest BCUT2D eigenvalue weighted by Gasteiger charge is -2.19. The Kier molecular flexibility index (Phi) is 4.89. The topological polar surface area (TPSA) is 25.8 Å². The SMILES string of the molecule is FC(F)(F)c1cccc(C(F)(F)F)c1-c1nnc(-c2cccs2)c2cc3ccccc3cc12. The van der Waals surface area contributed by atoms with Crippen LogP contribution in [0.5, 0.6) is 0 Å². The number of rotatable bonds is 2. The van der Waals surface area contributed by atoms with Gasteiger partial charge < -0.3 is 0 Å². The van der Waals surface area contributed by atoms with Crippen molar-refractivity contribution in [2.45, 2.75) is 12.4 Å². The van der Waals surface area contributed by atoms with Crippen molar-refractivity contribution in [1.29, 1.82) is 0 Å². The van der Waals surface area contributed by atoms with Gasteiger partial charge in [0.2, 0.25) is 0 Å². The van der Waals surface area contributed by atoms with Crippen LogP contribution in [-0.4, -0.2) is 10.2 Å². The van der Waals surface area contributed by atoms with E-state index in [1.54, 1.807) is 47.8 Å². The third-order valence-corrected chi connectivity index (χ3v) is 6.19. The van der Waals surface area contributed by atoms with Gasteiger partial charge in [-0.1, -0.05) is 36.4 Å². The predicted molar refractivity (Wildman–Crippen MR) is 116 cm³/mol. The zero-order valence-electron chi connectivity index (χ0n) is 16.5. The van der Waals surface area contributed by atoms with Gasteiger partial charge in [0.15, 0.2) is 0 Å². The molecule has 2 heterocycles. The Hall–Kier alpha value is -3.46. The molecule has 0 atom stereocenters. The van der Waals surface area contributed by atoms with Crippen LogP contribution in [0, 0.1) is 0 Å². The molecular weight excluding hydrogens is 462 g/mol. The summed E-state index contributed by atoms with van der Waals surface area (Å²) in [6, 6.07) is 16.0. The third kappa shape index (κ3) is 3.72. The van der Waals surface area contributed by atoms with Crippen molar-refractivity contribution in [3.8, 4) is 21.8 Å². The average Bonchev–Trinajstić information content (AvgIpc) is 3.30. The third-order valence-electron chi connectivity index (χ3n) is 5.31. The number of nitrogens with zero attached hydrogens (tertiary/aromatic N) is 2. The molecule has 2 nitrogen and oxygen atoms in total. The first kappa shape index (κ1) is 21.4. The minimum atomic E-state index is -5.02. The van der Waals surface area contributed by atoms with E-state index < -0.39 is 34.7 Å². The second-order valence-electron chi connectivity index (χ2n) is 7.34. The van der Waals surface area contributed by atoms with E-state index in [0.29, 0.717) is 33.5 Å². The summed E-state index contributed by atoms with van der Waals surface area (Å²) in [5.74, 6) is 0. The van der Waals surface area contributed by atoms with Gasteiger partial charge in [0, 0.05) is 16.3 Å². The largest absolute Gasteiger partial charge is 0.417 e. The van der Waals surface area contributed by atoms with Crippen LogP contribution in [0.25, 0.3) is 43.4 Å². The van der Waals surface area contributed by atoms with Crippen LogP contribution < -0.4 is 0 Å². The molecule has 0 N–H and O–H groups in total. The number of aromatic nitrogens is 2. The Balaban J connectivity index is 1.95. The van der Waals surface area contributed by atoms with E-state index in [-0.39, 0.29) is 5.39 Å². The minimum absolute atomic E-state index is 0.161. The van der Waals surface area contributed by atoms with E-state index in [4.69, 9.17) is 0 Å². The molecule has 33 heavy (non-hydrogen) atoms. The number of alkyl halides is 6. The summed E-state index contributed by atoms with van der Waals surface area (Å²) in [5.41, 5.74) is -3.92. The minimum Gasteiger partial charge on any atom is -0.166 e. The Bertz CT molecular complexity index is 1460. The molecule has 0 aliphatic heterocycles. The Morgan fingerprint density at radius 2 is 1.15 bits per heavy atom. The van der Waals surface area contributed by atoms with Crippen molar-refractivity contribution in [2.24, 2.45) is 0 Å². The Morgan fingerprint density at radius 3 is 1.67 bits per heavy atom. The second kappa shape index (κ2) is 7.55. The van der Waals surface area contributed by atoms with Crippen LogP contribution in [0.2, 0.25) is 0 Å². The average molecular weight is 474 g/mol. The van der Waals surface area contributed by atoms with E-state index in [1.807, 2.05) is 6.07 Å². The Morgan fingerprint density at radius 1 is 0.606 bits per heavy atom. The molecule has 2 aromatic heterocycles. The second-order valence-corrected chi connectivity index (χ2v) is 8.29. The summed E-state index contributed by atoms with van der Waals surface area (Å²) in [4.78, 5) is 0.703. The number of hydrogen-bond donors (Lipinski definition) is 0. The van der Waals surface area contributed by atoms with Gasteiger partial charge in [0.05, 0.1) is 16.0 Å². The van der Waals surface area contributed by atoms with Gasteiger partial charge in [-0.25, -0.2) is 0 Å². The van der Waals surface area contributed by atoms with Crippen LogP contribution in [0.3, 0.4) is 0 Å². The lowest BCUT2D eigenvalue weighted by atomic mass is 9.92. The molecule has 0 amide bonds. The van der Waals surface area contributed by atoms with Crippen LogP contribution in [0.1, 0.15) is 11.1 Å². The van der Waals surface area contributed by atoms with Crippen molar-refractivity contribution in [3.63, 3.8) is 0 Å². The van der Waals surface area contributed by atoms with E-state index in [1.165, 1.54) is 11.3 Å². The molecule has 0 aliphatic rings. The summed E-state index contributed by atoms with van der Waals surface area (Å²) in [6.45, 7) is 0. The smallest absolute Gasteiger partial charge is 0.166 e. The van der Waals surface area contributed by atoms with Crippen LogP contribution in [0.15, 0.2) is 72.1 Å². The van der Waals surface area contributed by atoms with Crippen molar-refractivity contribution in [3.05, 3.63) is 83.2 Å². The van der Waals surface area contributed by atoms with Crippen molar-refractivity contribution < 1.29 is 26.3 Å². The molecule has 0 bridgehead atoms. The molecule has 0 saturated heterocycles. The number of hydrogen-bond acceptors (Lipinski definition) is 3. The number of benzene rings is 3. The molecule has 9 heteroatoms. The number of fused-ring (bicyclic) bond motifs is 2. The summed E-state index contributed by atoms with van der Waals surface area (Å²) in [6.07, 6.45) is -10.0. The summed E-state index contributed by atoms with van der Waals surface area (Å²) in [7, 11) is 0. The van der Waals surface area contributed by atoms with Crippen molar-refractivity contribution in [1.82, 2.24) is 10.2 Å². The lowest BCUT2D eigenvalue weighted by molar-refractivity contribution is -0.142. The first-order chi connectivity index (χ1) is 15.6. The molecule has 3 aromatic carbocycles. The van der Waals surface area contributed by atoms with Crippen molar-refractivity contribution in [2.75, 3.05) is 0 Å². The summed E-state index contributed by atoms with van der Waals surface area (Å²) >= 11 is 1.35. The standard InChI is InChI=1S/C24H12F6N2S/c25-23(26,27)17-7-3-8-18(24(28,29)30)20(17)22-16-12-14-6-2-1-5-13(14)11-15(16)21(31-32-22)19-9-4-10-33-19/h1-12H. The number of halogens is 6. The van der Waals surface area contributed by atoms with Gasteiger partial charge in [-0.2, -0.15) is 26.3 Å². The maximum absolute atomic E-state index is 13.8. The lowest BCUT2D eigenvalue weighted by Crippen LogP contribution is -2.15. The highest BCUT2D eigenvalue weighted by atomic mass is 32.1. The zero-order valence-corrected chi connectivity index (χ0v) is 17.3. The van der Waals surface area contributed by atoms with E-state index >= 15 is 0 Å². The molecule has 0 unspecified atom stereocenters. The molecule has 0 saturated carbocycles. The van der Waals surface area contributed by atoms with Gasteiger partial charge in [0.1, 0.15) is 11.4 Å². The van der Waals surface area contributed by atoms with Gasteiger partial charge >= 0.3 is 12.4 Å². The number of thiophene rings is 1. The molecule has 0 fully saturated rings. The molecule has 166 valence electrons. The first-order valence-electron chi connectivity index (χ1n) is 9.65. The monoisotopic (exact) mass is 474 g/mol. The maximum Gasteiger partial charge on any atom is 0.417 e. The van der Waals surface area contributed by atoms with Gasteiger partial charge in [0.25, 0.3) is 0 Å². The molecule has 0 spiro atoms. The van der Waals surface area contributed by atoms with E-state index in [2.05, 4.69) is 10.2 Å². The first-order valence-corrected chi connectivity index (χ1v) is 10.5.